The molecule has 0 radical (unpaired) electrons. The van der Waals surface area contributed by atoms with Gasteiger partial charge in [0.2, 0.25) is 6.10 Å². The zero-order chi connectivity index (χ0) is 23.6. The van der Waals surface area contributed by atoms with E-state index in [-0.39, 0.29) is 12.3 Å². The van der Waals surface area contributed by atoms with E-state index in [1.165, 1.54) is 0 Å². The third kappa shape index (κ3) is 6.93. The number of hydrogen-bond acceptors (Lipinski definition) is 5. The van der Waals surface area contributed by atoms with Crippen molar-refractivity contribution in [2.45, 2.75) is 25.5 Å². The highest BCUT2D eigenvalue weighted by molar-refractivity contribution is 5.96. The summed E-state index contributed by atoms with van der Waals surface area (Å²) in [6.45, 7) is 1.71. The van der Waals surface area contributed by atoms with Crippen LogP contribution < -0.4 is 15.4 Å². The Morgan fingerprint density at radius 3 is 2.06 bits per heavy atom. The van der Waals surface area contributed by atoms with Gasteiger partial charge < -0.3 is 20.1 Å². The van der Waals surface area contributed by atoms with Crippen LogP contribution in [0.15, 0.2) is 84.9 Å². The molecule has 0 bridgehead atoms. The molecule has 0 spiro atoms. The van der Waals surface area contributed by atoms with Crippen LogP contribution in [0.4, 0.5) is 5.69 Å². The molecule has 2 unspecified atom stereocenters. The van der Waals surface area contributed by atoms with E-state index in [1.54, 1.807) is 86.8 Å². The van der Waals surface area contributed by atoms with Gasteiger partial charge in [-0.25, -0.2) is 0 Å². The van der Waals surface area contributed by atoms with Gasteiger partial charge in [0.25, 0.3) is 11.8 Å². The van der Waals surface area contributed by atoms with E-state index in [0.717, 1.165) is 0 Å². The fourth-order valence-corrected chi connectivity index (χ4v) is 3.16. The Bertz CT molecular complexity index is 1070. The second-order valence-corrected chi connectivity index (χ2v) is 7.44. The predicted molar refractivity (Wildman–Crippen MR) is 125 cm³/mol. The molecule has 0 saturated carbocycles. The summed E-state index contributed by atoms with van der Waals surface area (Å²) in [6.07, 6.45) is -1.23. The van der Waals surface area contributed by atoms with E-state index in [9.17, 15) is 14.4 Å². The lowest BCUT2D eigenvalue weighted by atomic mass is 10.1. The van der Waals surface area contributed by atoms with Crippen molar-refractivity contribution >= 4 is 23.5 Å². The largest absolute Gasteiger partial charge is 0.497 e. The number of nitrogens with one attached hydrogen (secondary N) is 2. The lowest BCUT2D eigenvalue weighted by molar-refractivity contribution is -0.155. The van der Waals surface area contributed by atoms with Crippen LogP contribution in [0.2, 0.25) is 0 Å². The Morgan fingerprint density at radius 2 is 1.45 bits per heavy atom. The molecule has 0 heterocycles. The van der Waals surface area contributed by atoms with Gasteiger partial charge in [-0.1, -0.05) is 48.5 Å². The molecule has 2 atom stereocenters. The molecule has 2 N–H and O–H groups in total. The van der Waals surface area contributed by atoms with E-state index in [1.807, 2.05) is 12.1 Å². The van der Waals surface area contributed by atoms with Crippen LogP contribution in [0, 0.1) is 0 Å². The number of carbonyl (C=O) groups is 3. The number of anilines is 1. The van der Waals surface area contributed by atoms with Gasteiger partial charge in [-0.2, -0.15) is 0 Å². The Labute approximate surface area is 192 Å². The summed E-state index contributed by atoms with van der Waals surface area (Å²) < 4.78 is 10.7. The number of amides is 2. The second kappa shape index (κ2) is 11.5. The van der Waals surface area contributed by atoms with Crippen LogP contribution in [0.5, 0.6) is 5.75 Å². The van der Waals surface area contributed by atoms with Gasteiger partial charge >= 0.3 is 5.97 Å². The molecule has 3 aromatic carbocycles. The molecule has 0 fully saturated rings. The topological polar surface area (TPSA) is 93.7 Å². The smallest absolute Gasteiger partial charge is 0.308 e. The molecule has 0 aliphatic heterocycles. The summed E-state index contributed by atoms with van der Waals surface area (Å²) in [6, 6.07) is 23.8. The summed E-state index contributed by atoms with van der Waals surface area (Å²) >= 11 is 0. The number of rotatable bonds is 9. The number of ether oxygens (including phenoxy) is 2. The first-order valence-corrected chi connectivity index (χ1v) is 10.5. The average molecular weight is 447 g/mol. The standard InChI is InChI=1S/C26H26N2O5/c1-18(27-25(30)20-11-7-4-8-12-20)17-23(29)33-24(19-9-5-3-6-10-19)26(31)28-21-13-15-22(32-2)16-14-21/h3-16,18,24H,17H2,1-2H3,(H,27,30)(H,28,31). The van der Waals surface area contributed by atoms with Gasteiger partial charge in [0, 0.05) is 22.9 Å². The van der Waals surface area contributed by atoms with E-state index >= 15 is 0 Å². The maximum atomic E-state index is 13.0. The fraction of sp³-hybridized carbons (Fsp3) is 0.192. The molecule has 170 valence electrons. The summed E-state index contributed by atoms with van der Waals surface area (Å²) in [5, 5.41) is 5.53. The van der Waals surface area contributed by atoms with Crippen molar-refractivity contribution in [1.82, 2.24) is 5.32 Å². The van der Waals surface area contributed by atoms with Crippen molar-refractivity contribution in [3.63, 3.8) is 0 Å². The third-order valence-electron chi connectivity index (χ3n) is 4.83. The molecule has 2 amide bonds. The van der Waals surface area contributed by atoms with E-state index in [4.69, 9.17) is 9.47 Å². The number of methoxy groups -OCH3 is 1. The van der Waals surface area contributed by atoms with Gasteiger partial charge in [0.1, 0.15) is 5.75 Å². The van der Waals surface area contributed by atoms with Gasteiger partial charge in [-0.15, -0.1) is 0 Å². The van der Waals surface area contributed by atoms with Crippen molar-refractivity contribution in [2.75, 3.05) is 12.4 Å². The molecule has 7 heteroatoms. The SMILES string of the molecule is COc1ccc(NC(=O)C(OC(=O)CC(C)NC(=O)c2ccccc2)c2ccccc2)cc1. The van der Waals surface area contributed by atoms with E-state index in [0.29, 0.717) is 22.6 Å². The Kier molecular flexibility index (Phi) is 8.18. The molecule has 0 aromatic heterocycles. The normalized spacial score (nSPS) is 12.2. The molecule has 0 saturated heterocycles. The summed E-state index contributed by atoms with van der Waals surface area (Å²) in [5.74, 6) is -0.714. The molecule has 3 aromatic rings. The van der Waals surface area contributed by atoms with Crippen molar-refractivity contribution in [1.29, 1.82) is 0 Å². The summed E-state index contributed by atoms with van der Waals surface area (Å²) in [4.78, 5) is 37.9. The monoisotopic (exact) mass is 446 g/mol. The third-order valence-corrected chi connectivity index (χ3v) is 4.83. The summed E-state index contributed by atoms with van der Waals surface area (Å²) in [7, 11) is 1.56. The Balaban J connectivity index is 1.65. The minimum absolute atomic E-state index is 0.0856. The zero-order valence-corrected chi connectivity index (χ0v) is 18.5. The first-order valence-electron chi connectivity index (χ1n) is 10.5. The van der Waals surface area contributed by atoms with Gasteiger partial charge in [-0.3, -0.25) is 14.4 Å². The van der Waals surface area contributed by atoms with Crippen LogP contribution in [0.25, 0.3) is 0 Å². The van der Waals surface area contributed by atoms with Gasteiger partial charge in [0.05, 0.1) is 13.5 Å². The van der Waals surface area contributed by atoms with Crippen LogP contribution in [0.1, 0.15) is 35.4 Å². The fourth-order valence-electron chi connectivity index (χ4n) is 3.16. The highest BCUT2D eigenvalue weighted by atomic mass is 16.5. The highest BCUT2D eigenvalue weighted by Crippen LogP contribution is 2.22. The molecule has 3 rings (SSSR count). The predicted octanol–water partition coefficient (Wildman–Crippen LogP) is 4.13. The van der Waals surface area contributed by atoms with Gasteiger partial charge in [0.15, 0.2) is 0 Å². The molecule has 7 nitrogen and oxygen atoms in total. The molecule has 33 heavy (non-hydrogen) atoms. The first kappa shape index (κ1) is 23.5. The van der Waals surface area contributed by atoms with Gasteiger partial charge in [-0.05, 0) is 43.3 Å². The number of hydrogen-bond donors (Lipinski definition) is 2. The lowest BCUT2D eigenvalue weighted by Gasteiger charge is -2.20. The maximum absolute atomic E-state index is 13.0. The number of esters is 1. The van der Waals surface area contributed by atoms with Crippen LogP contribution in [0.3, 0.4) is 0 Å². The van der Waals surface area contributed by atoms with Crippen LogP contribution >= 0.6 is 0 Å². The Hall–Kier alpha value is -4.13. The van der Waals surface area contributed by atoms with Crippen molar-refractivity contribution in [2.24, 2.45) is 0 Å². The number of carbonyl (C=O) groups excluding carboxylic acids is 3. The minimum atomic E-state index is -1.14. The van der Waals surface area contributed by atoms with E-state index < -0.39 is 24.0 Å². The lowest BCUT2D eigenvalue weighted by Crippen LogP contribution is -2.35. The molecular weight excluding hydrogens is 420 g/mol. The zero-order valence-electron chi connectivity index (χ0n) is 18.5. The Morgan fingerprint density at radius 1 is 0.848 bits per heavy atom. The van der Waals surface area contributed by atoms with Crippen LogP contribution in [-0.2, 0) is 14.3 Å². The molecular formula is C26H26N2O5. The molecule has 0 aliphatic carbocycles. The summed E-state index contributed by atoms with van der Waals surface area (Å²) in [5.41, 5.74) is 1.58. The van der Waals surface area contributed by atoms with Crippen molar-refractivity contribution in [3.05, 3.63) is 96.1 Å². The maximum Gasteiger partial charge on any atom is 0.308 e. The quantitative estimate of drug-likeness (QED) is 0.482. The average Bonchev–Trinajstić information content (AvgIpc) is 2.84. The number of benzene rings is 3. The van der Waals surface area contributed by atoms with Crippen molar-refractivity contribution < 1.29 is 23.9 Å². The molecule has 0 aliphatic rings. The van der Waals surface area contributed by atoms with Crippen molar-refractivity contribution in [3.8, 4) is 5.75 Å². The first-order chi connectivity index (χ1) is 16.0. The highest BCUT2D eigenvalue weighted by Gasteiger charge is 2.26. The van der Waals surface area contributed by atoms with Crippen LogP contribution in [-0.4, -0.2) is 30.9 Å². The van der Waals surface area contributed by atoms with E-state index in [2.05, 4.69) is 10.6 Å². The minimum Gasteiger partial charge on any atom is -0.497 e. The second-order valence-electron chi connectivity index (χ2n) is 7.44.